The highest BCUT2D eigenvalue weighted by atomic mass is 32.1. The number of anilines is 1. The molecule has 174 valence electrons. The van der Waals surface area contributed by atoms with Crippen LogP contribution in [-0.2, 0) is 11.2 Å². The van der Waals surface area contributed by atoms with Crippen molar-refractivity contribution in [2.45, 2.75) is 26.7 Å². The highest BCUT2D eigenvalue weighted by Crippen LogP contribution is 2.29. The van der Waals surface area contributed by atoms with E-state index in [0.717, 1.165) is 10.4 Å². The van der Waals surface area contributed by atoms with Crippen molar-refractivity contribution in [1.29, 1.82) is 5.26 Å². The number of hydrogen-bond donors (Lipinski definition) is 1. The number of aromatic amines is 1. The number of thiophene rings is 1. The summed E-state index contributed by atoms with van der Waals surface area (Å²) in [6.45, 7) is 5.91. The van der Waals surface area contributed by atoms with Crippen LogP contribution in [-0.4, -0.2) is 51.9 Å². The molecule has 1 saturated heterocycles. The van der Waals surface area contributed by atoms with Crippen molar-refractivity contribution in [2.24, 2.45) is 0 Å². The van der Waals surface area contributed by atoms with Gasteiger partial charge in [-0.15, -0.1) is 11.3 Å². The second-order valence-electron chi connectivity index (χ2n) is 8.11. The fraction of sp³-hybridized carbons (Fsp3) is 0.348. The minimum absolute atomic E-state index is 0.00436. The first-order valence-electron chi connectivity index (χ1n) is 10.9. The molecule has 0 spiro atoms. The Labute approximate surface area is 198 Å². The van der Waals surface area contributed by atoms with Crippen LogP contribution >= 0.6 is 11.3 Å². The number of H-pyrrole nitrogens is 1. The average Bonchev–Trinajstić information content (AvgIpc) is 3.57. The van der Waals surface area contributed by atoms with Gasteiger partial charge in [-0.25, -0.2) is 4.98 Å². The Balaban J connectivity index is 1.21. The summed E-state index contributed by atoms with van der Waals surface area (Å²) in [4.78, 5) is 42.3. The van der Waals surface area contributed by atoms with Gasteiger partial charge in [0.15, 0.2) is 5.76 Å². The first-order chi connectivity index (χ1) is 16.4. The third-order valence-electron chi connectivity index (χ3n) is 6.03. The van der Waals surface area contributed by atoms with Crippen molar-refractivity contribution in [3.63, 3.8) is 0 Å². The summed E-state index contributed by atoms with van der Waals surface area (Å²) < 4.78 is 11.1. The SMILES string of the molecule is Cc1sc2nc(CCC(=O)N3CCN(c4oc(-c5ccco5)nc4C#N)CC3)[nH]c(=O)c2c1C. The van der Waals surface area contributed by atoms with E-state index in [0.29, 0.717) is 60.3 Å². The lowest BCUT2D eigenvalue weighted by Crippen LogP contribution is -2.49. The molecular formula is C23H22N6O4S. The van der Waals surface area contributed by atoms with E-state index in [1.54, 1.807) is 17.0 Å². The number of carbonyl (C=O) groups is 1. The largest absolute Gasteiger partial charge is 0.459 e. The summed E-state index contributed by atoms with van der Waals surface area (Å²) >= 11 is 1.50. The lowest BCUT2D eigenvalue weighted by atomic mass is 10.2. The molecule has 0 aliphatic carbocycles. The van der Waals surface area contributed by atoms with E-state index in [9.17, 15) is 14.9 Å². The molecule has 5 rings (SSSR count). The molecule has 5 heterocycles. The van der Waals surface area contributed by atoms with Gasteiger partial charge < -0.3 is 23.6 Å². The molecular weight excluding hydrogens is 456 g/mol. The molecule has 4 aromatic heterocycles. The normalized spacial score (nSPS) is 14.0. The number of aromatic nitrogens is 3. The van der Waals surface area contributed by atoms with E-state index < -0.39 is 0 Å². The van der Waals surface area contributed by atoms with Crippen LogP contribution in [0.2, 0.25) is 0 Å². The molecule has 4 aromatic rings. The van der Waals surface area contributed by atoms with Crippen molar-refractivity contribution in [1.82, 2.24) is 19.9 Å². The molecule has 0 unspecified atom stereocenters. The minimum atomic E-state index is -0.155. The standard InChI is InChI=1S/C23H22N6O4S/c1-13-14(2)34-22-19(13)20(31)26-17(27-22)5-6-18(30)28-7-9-29(10-8-28)23-15(12-24)25-21(33-23)16-4-3-11-32-16/h3-4,11H,5-10H2,1-2H3,(H,26,27,31). The smallest absolute Gasteiger partial charge is 0.266 e. The fourth-order valence-corrected chi connectivity index (χ4v) is 5.11. The lowest BCUT2D eigenvalue weighted by Gasteiger charge is -2.34. The second-order valence-corrected chi connectivity index (χ2v) is 9.31. The molecule has 1 N–H and O–H groups in total. The molecule has 0 radical (unpaired) electrons. The number of hydrogen-bond acceptors (Lipinski definition) is 9. The van der Waals surface area contributed by atoms with Crippen molar-refractivity contribution in [3.8, 4) is 17.7 Å². The molecule has 1 aliphatic rings. The van der Waals surface area contributed by atoms with Crippen LogP contribution in [0.1, 0.15) is 28.4 Å². The number of nitriles is 1. The van der Waals surface area contributed by atoms with Crippen LogP contribution < -0.4 is 10.5 Å². The predicted octanol–water partition coefficient (Wildman–Crippen LogP) is 3.00. The Morgan fingerprint density at radius 2 is 2.06 bits per heavy atom. The monoisotopic (exact) mass is 478 g/mol. The number of oxazole rings is 1. The number of aryl methyl sites for hydroxylation is 3. The van der Waals surface area contributed by atoms with E-state index in [1.165, 1.54) is 17.6 Å². The minimum Gasteiger partial charge on any atom is -0.459 e. The zero-order valence-corrected chi connectivity index (χ0v) is 19.6. The molecule has 0 atom stereocenters. The van der Waals surface area contributed by atoms with Gasteiger partial charge >= 0.3 is 0 Å². The molecule has 0 aromatic carbocycles. The van der Waals surface area contributed by atoms with E-state index in [-0.39, 0.29) is 29.5 Å². The maximum absolute atomic E-state index is 12.8. The van der Waals surface area contributed by atoms with Gasteiger partial charge in [-0.05, 0) is 31.5 Å². The van der Waals surface area contributed by atoms with E-state index >= 15 is 0 Å². The topological polar surface area (TPSA) is 132 Å². The number of furan rings is 1. The zero-order valence-electron chi connectivity index (χ0n) is 18.8. The summed E-state index contributed by atoms with van der Waals surface area (Å²) in [5.74, 6) is 1.61. The van der Waals surface area contributed by atoms with Crippen LogP contribution in [0.3, 0.4) is 0 Å². The van der Waals surface area contributed by atoms with Gasteiger partial charge in [0.05, 0.1) is 11.6 Å². The molecule has 1 aliphatic heterocycles. The first-order valence-corrected chi connectivity index (χ1v) is 11.7. The van der Waals surface area contributed by atoms with Crippen LogP contribution in [0.15, 0.2) is 32.0 Å². The van der Waals surface area contributed by atoms with E-state index in [1.807, 2.05) is 18.7 Å². The van der Waals surface area contributed by atoms with E-state index in [4.69, 9.17) is 8.83 Å². The summed E-state index contributed by atoms with van der Waals surface area (Å²) in [5.41, 5.74) is 0.990. The van der Waals surface area contributed by atoms with Crippen molar-refractivity contribution < 1.29 is 13.6 Å². The number of carbonyl (C=O) groups excluding carboxylic acids is 1. The molecule has 34 heavy (non-hydrogen) atoms. The van der Waals surface area contributed by atoms with Gasteiger partial charge in [0.25, 0.3) is 11.4 Å². The number of fused-ring (bicyclic) bond motifs is 1. The maximum Gasteiger partial charge on any atom is 0.266 e. The maximum atomic E-state index is 12.8. The number of rotatable bonds is 5. The Morgan fingerprint density at radius 1 is 1.26 bits per heavy atom. The third kappa shape index (κ3) is 3.97. The van der Waals surface area contributed by atoms with Crippen molar-refractivity contribution >= 4 is 33.3 Å². The third-order valence-corrected chi connectivity index (χ3v) is 7.13. The van der Waals surface area contributed by atoms with Gasteiger partial charge in [-0.2, -0.15) is 10.2 Å². The number of amides is 1. The van der Waals surface area contributed by atoms with Gasteiger partial charge in [0.2, 0.25) is 17.5 Å². The molecule has 0 saturated carbocycles. The summed E-state index contributed by atoms with van der Waals surface area (Å²) in [6, 6.07) is 5.51. The molecule has 10 nitrogen and oxygen atoms in total. The fourth-order valence-electron chi connectivity index (χ4n) is 4.06. The van der Waals surface area contributed by atoms with Crippen LogP contribution in [0.4, 0.5) is 5.88 Å². The molecule has 1 fully saturated rings. The number of nitrogens with one attached hydrogen (secondary N) is 1. The highest BCUT2D eigenvalue weighted by Gasteiger charge is 2.27. The quantitative estimate of drug-likeness (QED) is 0.463. The Kier molecular flexibility index (Phi) is 5.67. The zero-order chi connectivity index (χ0) is 23.8. The second kappa shape index (κ2) is 8.79. The van der Waals surface area contributed by atoms with Gasteiger partial charge in [-0.1, -0.05) is 0 Å². The van der Waals surface area contributed by atoms with Crippen molar-refractivity contribution in [3.05, 3.63) is 50.7 Å². The summed E-state index contributed by atoms with van der Waals surface area (Å²) in [7, 11) is 0. The summed E-state index contributed by atoms with van der Waals surface area (Å²) in [6.07, 6.45) is 2.14. The van der Waals surface area contributed by atoms with Gasteiger partial charge in [0.1, 0.15) is 16.7 Å². The summed E-state index contributed by atoms with van der Waals surface area (Å²) in [5, 5.41) is 10.1. The van der Waals surface area contributed by atoms with E-state index in [2.05, 4.69) is 21.0 Å². The number of piperazine rings is 1. The van der Waals surface area contributed by atoms with Crippen LogP contribution in [0, 0.1) is 25.2 Å². The molecule has 0 bridgehead atoms. The Morgan fingerprint density at radius 3 is 2.76 bits per heavy atom. The highest BCUT2D eigenvalue weighted by molar-refractivity contribution is 7.18. The molecule has 11 heteroatoms. The Bertz CT molecular complexity index is 1450. The lowest BCUT2D eigenvalue weighted by molar-refractivity contribution is -0.131. The van der Waals surface area contributed by atoms with Gasteiger partial charge in [0, 0.05) is 43.9 Å². The van der Waals surface area contributed by atoms with Crippen LogP contribution in [0.25, 0.3) is 21.9 Å². The predicted molar refractivity (Wildman–Crippen MR) is 126 cm³/mol. The van der Waals surface area contributed by atoms with Crippen molar-refractivity contribution in [2.75, 3.05) is 31.1 Å². The first kappa shape index (κ1) is 21.9. The van der Waals surface area contributed by atoms with Crippen LogP contribution in [0.5, 0.6) is 0 Å². The Hall–Kier alpha value is -3.91. The molecule has 1 amide bonds. The number of nitrogens with zero attached hydrogens (tertiary/aromatic N) is 5. The average molecular weight is 479 g/mol. The van der Waals surface area contributed by atoms with Gasteiger partial charge in [-0.3, -0.25) is 9.59 Å².